The molecule has 2 aromatic rings. The summed E-state index contributed by atoms with van der Waals surface area (Å²) in [5.41, 5.74) is 7.61. The Kier molecular flexibility index (Phi) is 3.85. The van der Waals surface area contributed by atoms with Crippen molar-refractivity contribution in [2.45, 2.75) is 26.8 Å². The molecule has 0 saturated carbocycles. The zero-order valence-corrected chi connectivity index (χ0v) is 11.3. The van der Waals surface area contributed by atoms with Crippen molar-refractivity contribution in [1.82, 2.24) is 10.3 Å². The molecule has 0 radical (unpaired) electrons. The van der Waals surface area contributed by atoms with Crippen LogP contribution in [0.5, 0.6) is 0 Å². The fourth-order valence-corrected chi connectivity index (χ4v) is 1.91. The average molecular weight is 261 g/mol. The number of nitrogens with one attached hydrogen (secondary N) is 1. The van der Waals surface area contributed by atoms with Crippen LogP contribution in [0.15, 0.2) is 29.0 Å². The van der Waals surface area contributed by atoms with Crippen molar-refractivity contribution >= 4 is 17.0 Å². The van der Waals surface area contributed by atoms with Gasteiger partial charge in [0.2, 0.25) is 5.91 Å². The number of aromatic nitrogens is 1. The molecule has 0 spiro atoms. The first-order valence-electron chi connectivity index (χ1n) is 6.33. The highest BCUT2D eigenvalue weighted by Gasteiger charge is 2.26. The summed E-state index contributed by atoms with van der Waals surface area (Å²) < 4.78 is 5.23. The summed E-state index contributed by atoms with van der Waals surface area (Å²) in [6, 6.07) is 5.70. The van der Waals surface area contributed by atoms with Gasteiger partial charge < -0.3 is 15.5 Å². The van der Waals surface area contributed by atoms with Gasteiger partial charge in [0.1, 0.15) is 5.52 Å². The molecule has 0 aliphatic carbocycles. The molecule has 2 rings (SSSR count). The number of hydrogen-bond acceptors (Lipinski definition) is 4. The van der Waals surface area contributed by atoms with Crippen LogP contribution in [0.1, 0.15) is 25.8 Å². The van der Waals surface area contributed by atoms with Crippen LogP contribution < -0.4 is 11.1 Å². The molecule has 0 atom stereocenters. The number of carbonyl (C=O) groups is 1. The molecule has 0 saturated heterocycles. The Morgan fingerprint density at radius 2 is 2.26 bits per heavy atom. The maximum Gasteiger partial charge on any atom is 0.225 e. The van der Waals surface area contributed by atoms with E-state index < -0.39 is 5.41 Å². The number of nitrogens with two attached hydrogens (primary N) is 1. The third kappa shape index (κ3) is 3.12. The van der Waals surface area contributed by atoms with E-state index in [2.05, 4.69) is 10.3 Å². The van der Waals surface area contributed by atoms with E-state index in [1.54, 1.807) is 0 Å². The molecule has 5 heteroatoms. The van der Waals surface area contributed by atoms with Gasteiger partial charge >= 0.3 is 0 Å². The van der Waals surface area contributed by atoms with Gasteiger partial charge in [-0.3, -0.25) is 4.79 Å². The van der Waals surface area contributed by atoms with Gasteiger partial charge in [0.15, 0.2) is 12.0 Å². The lowest BCUT2D eigenvalue weighted by Crippen LogP contribution is -2.37. The first-order valence-corrected chi connectivity index (χ1v) is 6.33. The number of fused-ring (bicyclic) bond motifs is 1. The lowest BCUT2D eigenvalue weighted by atomic mass is 9.88. The molecular weight excluding hydrogens is 242 g/mol. The van der Waals surface area contributed by atoms with Crippen molar-refractivity contribution in [2.75, 3.05) is 6.54 Å². The molecule has 1 aromatic carbocycles. The van der Waals surface area contributed by atoms with Crippen LogP contribution in [0.3, 0.4) is 0 Å². The summed E-state index contributed by atoms with van der Waals surface area (Å²) in [7, 11) is 0. The Morgan fingerprint density at radius 3 is 3.00 bits per heavy atom. The van der Waals surface area contributed by atoms with E-state index in [-0.39, 0.29) is 5.91 Å². The fraction of sp³-hybridized carbons (Fsp3) is 0.429. The number of benzene rings is 1. The predicted octanol–water partition coefficient (Wildman–Crippen LogP) is 1.82. The second-order valence-corrected chi connectivity index (χ2v) is 5.26. The molecule has 102 valence electrons. The number of nitrogens with zero attached hydrogens (tertiary/aromatic N) is 1. The van der Waals surface area contributed by atoms with Gasteiger partial charge in [-0.05, 0) is 30.7 Å². The smallest absolute Gasteiger partial charge is 0.225 e. The first-order chi connectivity index (χ1) is 9.03. The summed E-state index contributed by atoms with van der Waals surface area (Å²) in [6.45, 7) is 4.78. The van der Waals surface area contributed by atoms with Crippen molar-refractivity contribution in [3.8, 4) is 0 Å². The quantitative estimate of drug-likeness (QED) is 0.860. The molecule has 0 bridgehead atoms. The summed E-state index contributed by atoms with van der Waals surface area (Å²) in [4.78, 5) is 16.1. The Morgan fingerprint density at radius 1 is 1.47 bits per heavy atom. The second kappa shape index (κ2) is 5.40. The van der Waals surface area contributed by atoms with Crippen molar-refractivity contribution < 1.29 is 9.21 Å². The van der Waals surface area contributed by atoms with Gasteiger partial charge in [-0.1, -0.05) is 19.9 Å². The third-order valence-electron chi connectivity index (χ3n) is 3.23. The molecule has 0 aliphatic heterocycles. The Labute approximate surface area is 112 Å². The Balaban J connectivity index is 2.00. The number of oxazole rings is 1. The Bertz CT molecular complexity index is 575. The molecule has 0 aliphatic rings. The normalized spacial score (nSPS) is 11.7. The topological polar surface area (TPSA) is 81.2 Å². The van der Waals surface area contributed by atoms with E-state index in [4.69, 9.17) is 10.2 Å². The van der Waals surface area contributed by atoms with E-state index >= 15 is 0 Å². The van der Waals surface area contributed by atoms with Crippen LogP contribution in [-0.4, -0.2) is 17.4 Å². The fourth-order valence-electron chi connectivity index (χ4n) is 1.91. The van der Waals surface area contributed by atoms with Gasteiger partial charge in [0, 0.05) is 12.0 Å². The van der Waals surface area contributed by atoms with Gasteiger partial charge in [-0.2, -0.15) is 0 Å². The van der Waals surface area contributed by atoms with Gasteiger partial charge in [-0.25, -0.2) is 4.98 Å². The predicted molar refractivity (Wildman–Crippen MR) is 73.3 cm³/mol. The van der Waals surface area contributed by atoms with Crippen molar-refractivity contribution in [3.05, 3.63) is 30.2 Å². The zero-order valence-electron chi connectivity index (χ0n) is 11.3. The minimum Gasteiger partial charge on any atom is -0.443 e. The minimum atomic E-state index is -0.439. The summed E-state index contributed by atoms with van der Waals surface area (Å²) in [6.07, 6.45) is 2.08. The van der Waals surface area contributed by atoms with Crippen molar-refractivity contribution in [1.29, 1.82) is 0 Å². The number of hydrogen-bond donors (Lipinski definition) is 2. The second-order valence-electron chi connectivity index (χ2n) is 5.26. The Hall–Kier alpha value is -1.88. The van der Waals surface area contributed by atoms with Crippen LogP contribution in [0, 0.1) is 5.41 Å². The molecule has 3 N–H and O–H groups in total. The zero-order chi connectivity index (χ0) is 13.9. The summed E-state index contributed by atoms with van der Waals surface area (Å²) in [5.74, 6) is 0.00983. The number of amides is 1. The summed E-state index contributed by atoms with van der Waals surface area (Å²) in [5, 5.41) is 2.92. The highest BCUT2D eigenvalue weighted by Crippen LogP contribution is 2.20. The van der Waals surface area contributed by atoms with E-state index in [1.165, 1.54) is 6.39 Å². The largest absolute Gasteiger partial charge is 0.443 e. The van der Waals surface area contributed by atoms with E-state index in [0.717, 1.165) is 16.7 Å². The van der Waals surface area contributed by atoms with Crippen LogP contribution in [0.2, 0.25) is 0 Å². The van der Waals surface area contributed by atoms with Gasteiger partial charge in [-0.15, -0.1) is 0 Å². The standard InChI is InChI=1S/C14H19N3O2/c1-14(2,5-6-15)13(18)16-8-10-3-4-11-12(7-10)19-9-17-11/h3-4,7,9H,5-6,8,15H2,1-2H3,(H,16,18). The number of carbonyl (C=O) groups excluding carboxylic acids is 1. The van der Waals surface area contributed by atoms with E-state index in [0.29, 0.717) is 19.5 Å². The van der Waals surface area contributed by atoms with Crippen molar-refractivity contribution in [2.24, 2.45) is 11.1 Å². The number of rotatable bonds is 5. The van der Waals surface area contributed by atoms with Crippen LogP contribution in [0.25, 0.3) is 11.1 Å². The van der Waals surface area contributed by atoms with Crippen LogP contribution >= 0.6 is 0 Å². The lowest BCUT2D eigenvalue weighted by molar-refractivity contribution is -0.129. The van der Waals surface area contributed by atoms with E-state index in [1.807, 2.05) is 32.0 Å². The highest BCUT2D eigenvalue weighted by atomic mass is 16.3. The molecule has 0 fully saturated rings. The molecule has 1 heterocycles. The average Bonchev–Trinajstić information content (AvgIpc) is 2.83. The van der Waals surface area contributed by atoms with Crippen LogP contribution in [-0.2, 0) is 11.3 Å². The molecule has 1 amide bonds. The maximum atomic E-state index is 12.0. The molecule has 1 aromatic heterocycles. The summed E-state index contributed by atoms with van der Waals surface area (Å²) >= 11 is 0. The van der Waals surface area contributed by atoms with E-state index in [9.17, 15) is 4.79 Å². The molecule has 5 nitrogen and oxygen atoms in total. The lowest BCUT2D eigenvalue weighted by Gasteiger charge is -2.22. The molecule has 0 unspecified atom stereocenters. The maximum absolute atomic E-state index is 12.0. The first kappa shape index (κ1) is 13.5. The third-order valence-corrected chi connectivity index (χ3v) is 3.23. The molecule has 19 heavy (non-hydrogen) atoms. The van der Waals surface area contributed by atoms with Crippen molar-refractivity contribution in [3.63, 3.8) is 0 Å². The highest BCUT2D eigenvalue weighted by molar-refractivity contribution is 5.82. The van der Waals surface area contributed by atoms with Crippen LogP contribution in [0.4, 0.5) is 0 Å². The monoisotopic (exact) mass is 261 g/mol. The SMILES string of the molecule is CC(C)(CCN)C(=O)NCc1ccc2ncoc2c1. The molecular formula is C14H19N3O2. The minimum absolute atomic E-state index is 0.00983. The van der Waals surface area contributed by atoms with Gasteiger partial charge in [0.25, 0.3) is 0 Å². The van der Waals surface area contributed by atoms with Gasteiger partial charge in [0.05, 0.1) is 0 Å².